The van der Waals surface area contributed by atoms with Gasteiger partial charge in [0.1, 0.15) is 0 Å². The second-order valence-corrected chi connectivity index (χ2v) is 7.80. The molecule has 4 nitrogen and oxygen atoms in total. The van der Waals surface area contributed by atoms with E-state index in [4.69, 9.17) is 0 Å². The molecule has 2 N–H and O–H groups in total. The van der Waals surface area contributed by atoms with Crippen LogP contribution in [0.15, 0.2) is 24.3 Å². The molecule has 0 aliphatic heterocycles. The van der Waals surface area contributed by atoms with Crippen LogP contribution in [0.3, 0.4) is 0 Å². The maximum Gasteiger partial charge on any atom is 0.215 e. The van der Waals surface area contributed by atoms with Crippen LogP contribution in [0.25, 0.3) is 0 Å². The quantitative estimate of drug-likeness (QED) is 0.838. The number of benzene rings is 1. The zero-order valence-corrected chi connectivity index (χ0v) is 13.0. The van der Waals surface area contributed by atoms with Crippen molar-refractivity contribution in [2.75, 3.05) is 13.6 Å². The molecule has 1 aromatic carbocycles. The standard InChI is InChI=1S/C14H24N2O2S/c1-14(2,3)11-16-19(17,18)10-13-7-5-6-12(8-13)9-15-4/h5-8,15-16H,9-11H2,1-4H3. The largest absolute Gasteiger partial charge is 0.316 e. The first-order chi connectivity index (χ1) is 8.72. The fourth-order valence-electron chi connectivity index (χ4n) is 1.63. The van der Waals surface area contributed by atoms with Crippen molar-refractivity contribution in [1.29, 1.82) is 0 Å². The highest BCUT2D eigenvalue weighted by Gasteiger charge is 2.16. The normalized spacial score (nSPS) is 12.6. The summed E-state index contributed by atoms with van der Waals surface area (Å²) in [6.07, 6.45) is 0. The van der Waals surface area contributed by atoms with Gasteiger partial charge in [0.05, 0.1) is 5.75 Å². The summed E-state index contributed by atoms with van der Waals surface area (Å²) in [4.78, 5) is 0. The van der Waals surface area contributed by atoms with Gasteiger partial charge in [0.15, 0.2) is 0 Å². The number of hydrogen-bond donors (Lipinski definition) is 2. The van der Waals surface area contributed by atoms with Crippen LogP contribution < -0.4 is 10.0 Å². The molecule has 1 rings (SSSR count). The van der Waals surface area contributed by atoms with Crippen molar-refractivity contribution in [3.63, 3.8) is 0 Å². The van der Waals surface area contributed by atoms with Gasteiger partial charge in [-0.1, -0.05) is 45.0 Å². The lowest BCUT2D eigenvalue weighted by Crippen LogP contribution is -2.33. The highest BCUT2D eigenvalue weighted by atomic mass is 32.2. The molecule has 0 amide bonds. The molecular formula is C14H24N2O2S. The number of hydrogen-bond acceptors (Lipinski definition) is 3. The summed E-state index contributed by atoms with van der Waals surface area (Å²) in [5, 5.41) is 3.05. The van der Waals surface area contributed by atoms with Gasteiger partial charge in [-0.2, -0.15) is 0 Å². The molecule has 0 aromatic heterocycles. The highest BCUT2D eigenvalue weighted by molar-refractivity contribution is 7.88. The molecule has 0 heterocycles. The van der Waals surface area contributed by atoms with E-state index >= 15 is 0 Å². The Labute approximate surface area is 116 Å². The Bertz CT molecular complexity index is 504. The molecule has 5 heteroatoms. The summed E-state index contributed by atoms with van der Waals surface area (Å²) in [6.45, 7) is 7.20. The van der Waals surface area contributed by atoms with Gasteiger partial charge in [0.25, 0.3) is 0 Å². The molecule has 0 fully saturated rings. The maximum absolute atomic E-state index is 12.0. The van der Waals surface area contributed by atoms with Crippen molar-refractivity contribution in [3.05, 3.63) is 35.4 Å². The van der Waals surface area contributed by atoms with E-state index in [2.05, 4.69) is 10.0 Å². The minimum Gasteiger partial charge on any atom is -0.316 e. The molecule has 0 aliphatic rings. The lowest BCUT2D eigenvalue weighted by Gasteiger charge is -2.18. The zero-order valence-electron chi connectivity index (χ0n) is 12.2. The van der Waals surface area contributed by atoms with Gasteiger partial charge < -0.3 is 5.32 Å². The molecule has 0 atom stereocenters. The summed E-state index contributed by atoms with van der Waals surface area (Å²) in [6, 6.07) is 7.64. The van der Waals surface area contributed by atoms with Crippen LogP contribution in [0.2, 0.25) is 0 Å². The number of sulfonamides is 1. The molecule has 0 radical (unpaired) electrons. The van der Waals surface area contributed by atoms with E-state index in [9.17, 15) is 8.42 Å². The van der Waals surface area contributed by atoms with Crippen LogP contribution in [0.1, 0.15) is 31.9 Å². The van der Waals surface area contributed by atoms with Crippen LogP contribution >= 0.6 is 0 Å². The monoisotopic (exact) mass is 284 g/mol. The van der Waals surface area contributed by atoms with Gasteiger partial charge >= 0.3 is 0 Å². The van der Waals surface area contributed by atoms with Gasteiger partial charge in [-0.3, -0.25) is 0 Å². The van der Waals surface area contributed by atoms with Gasteiger partial charge in [0, 0.05) is 13.1 Å². The first kappa shape index (κ1) is 16.1. The lowest BCUT2D eigenvalue weighted by molar-refractivity contribution is 0.407. The zero-order chi connectivity index (χ0) is 14.5. The Balaban J connectivity index is 2.70. The van der Waals surface area contributed by atoms with Crippen molar-refractivity contribution in [3.8, 4) is 0 Å². The van der Waals surface area contributed by atoms with E-state index in [1.54, 1.807) is 0 Å². The second-order valence-electron chi connectivity index (χ2n) is 5.99. The van der Waals surface area contributed by atoms with Crippen LogP contribution in [0.4, 0.5) is 0 Å². The molecule has 108 valence electrons. The number of rotatable bonds is 6. The Hall–Kier alpha value is -0.910. The Morgan fingerprint density at radius 3 is 2.37 bits per heavy atom. The van der Waals surface area contributed by atoms with E-state index in [1.165, 1.54) is 0 Å². The molecule has 0 aliphatic carbocycles. The van der Waals surface area contributed by atoms with Crippen molar-refractivity contribution in [2.24, 2.45) is 5.41 Å². The van der Waals surface area contributed by atoms with Crippen LogP contribution in [-0.2, 0) is 22.3 Å². The van der Waals surface area contributed by atoms with Gasteiger partial charge in [-0.15, -0.1) is 0 Å². The first-order valence-electron chi connectivity index (χ1n) is 6.42. The molecule has 0 bridgehead atoms. The van der Waals surface area contributed by atoms with Crippen molar-refractivity contribution < 1.29 is 8.42 Å². The third-order valence-corrected chi connectivity index (χ3v) is 3.85. The van der Waals surface area contributed by atoms with Gasteiger partial charge in [0.2, 0.25) is 10.0 Å². The van der Waals surface area contributed by atoms with Crippen LogP contribution in [0, 0.1) is 5.41 Å². The van der Waals surface area contributed by atoms with E-state index < -0.39 is 10.0 Å². The van der Waals surface area contributed by atoms with E-state index in [1.807, 2.05) is 52.1 Å². The minimum atomic E-state index is -3.27. The van der Waals surface area contributed by atoms with Crippen molar-refractivity contribution in [2.45, 2.75) is 33.1 Å². The Morgan fingerprint density at radius 2 is 1.79 bits per heavy atom. The Morgan fingerprint density at radius 1 is 1.16 bits per heavy atom. The Kier molecular flexibility index (Phi) is 5.52. The van der Waals surface area contributed by atoms with Crippen LogP contribution in [0.5, 0.6) is 0 Å². The molecule has 1 aromatic rings. The van der Waals surface area contributed by atoms with Crippen molar-refractivity contribution in [1.82, 2.24) is 10.0 Å². The smallest absolute Gasteiger partial charge is 0.215 e. The lowest BCUT2D eigenvalue weighted by atomic mass is 9.98. The molecule has 0 saturated carbocycles. The topological polar surface area (TPSA) is 58.2 Å². The number of nitrogens with one attached hydrogen (secondary N) is 2. The maximum atomic E-state index is 12.0. The molecule has 0 unspecified atom stereocenters. The predicted octanol–water partition coefficient (Wildman–Crippen LogP) is 1.87. The average molecular weight is 284 g/mol. The van der Waals surface area contributed by atoms with Crippen molar-refractivity contribution >= 4 is 10.0 Å². The molecular weight excluding hydrogens is 260 g/mol. The van der Waals surface area contributed by atoms with E-state index in [0.29, 0.717) is 6.54 Å². The fourth-order valence-corrected chi connectivity index (χ4v) is 3.00. The fraction of sp³-hybridized carbons (Fsp3) is 0.571. The van der Waals surface area contributed by atoms with Gasteiger partial charge in [-0.05, 0) is 23.6 Å². The summed E-state index contributed by atoms with van der Waals surface area (Å²) >= 11 is 0. The average Bonchev–Trinajstić information content (AvgIpc) is 2.26. The molecule has 0 saturated heterocycles. The summed E-state index contributed by atoms with van der Waals surface area (Å²) in [7, 11) is -1.40. The predicted molar refractivity (Wildman–Crippen MR) is 79.3 cm³/mol. The highest BCUT2D eigenvalue weighted by Crippen LogP contribution is 2.13. The van der Waals surface area contributed by atoms with Crippen LogP contribution in [-0.4, -0.2) is 22.0 Å². The molecule has 19 heavy (non-hydrogen) atoms. The summed E-state index contributed by atoms with van der Waals surface area (Å²) in [5.41, 5.74) is 1.85. The van der Waals surface area contributed by atoms with Gasteiger partial charge in [-0.25, -0.2) is 13.1 Å². The third kappa shape index (κ3) is 6.71. The minimum absolute atomic E-state index is 0.0284. The summed E-state index contributed by atoms with van der Waals surface area (Å²) in [5.74, 6) is 0.0284. The third-order valence-electron chi connectivity index (χ3n) is 2.55. The van der Waals surface area contributed by atoms with E-state index in [-0.39, 0.29) is 11.2 Å². The summed E-state index contributed by atoms with van der Waals surface area (Å²) < 4.78 is 26.6. The first-order valence-corrected chi connectivity index (χ1v) is 8.07. The molecule has 0 spiro atoms. The van der Waals surface area contributed by atoms with E-state index in [0.717, 1.165) is 17.7 Å². The SMILES string of the molecule is CNCc1cccc(CS(=O)(=O)NCC(C)(C)C)c1. The second kappa shape index (κ2) is 6.50.